The lowest BCUT2D eigenvalue weighted by atomic mass is 10.1. The fourth-order valence-corrected chi connectivity index (χ4v) is 2.82. The molecule has 0 unspecified atom stereocenters. The van der Waals surface area contributed by atoms with E-state index < -0.39 is 0 Å². The SMILES string of the molecule is CCOCCCC(=O)N1CCN([C@@H](C)c2cccnc2)CC1. The number of amides is 1. The Morgan fingerprint density at radius 1 is 1.36 bits per heavy atom. The molecule has 1 aliphatic rings. The first-order chi connectivity index (χ1) is 10.7. The number of rotatable bonds is 7. The van der Waals surface area contributed by atoms with E-state index in [1.807, 2.05) is 24.1 Å². The summed E-state index contributed by atoms with van der Waals surface area (Å²) >= 11 is 0. The van der Waals surface area contributed by atoms with Crippen LogP contribution in [0.5, 0.6) is 0 Å². The van der Waals surface area contributed by atoms with Crippen molar-refractivity contribution in [2.45, 2.75) is 32.7 Å². The van der Waals surface area contributed by atoms with Crippen molar-refractivity contribution in [3.05, 3.63) is 30.1 Å². The monoisotopic (exact) mass is 305 g/mol. The molecular formula is C17H27N3O2. The summed E-state index contributed by atoms with van der Waals surface area (Å²) in [5, 5.41) is 0. The van der Waals surface area contributed by atoms with Crippen LogP contribution in [0.3, 0.4) is 0 Å². The first-order valence-electron chi connectivity index (χ1n) is 8.22. The minimum Gasteiger partial charge on any atom is -0.382 e. The summed E-state index contributed by atoms with van der Waals surface area (Å²) in [6.45, 7) is 9.07. The molecule has 1 saturated heterocycles. The Morgan fingerprint density at radius 2 is 2.14 bits per heavy atom. The van der Waals surface area contributed by atoms with Crippen LogP contribution in [0, 0.1) is 0 Å². The van der Waals surface area contributed by atoms with Crippen LogP contribution in [0.1, 0.15) is 38.3 Å². The standard InChI is InChI=1S/C17H27N3O2/c1-3-22-13-5-7-17(21)20-11-9-19(10-12-20)15(2)16-6-4-8-18-14-16/h4,6,8,14-15H,3,5,7,9-13H2,1-2H3/t15-/m0/s1. The summed E-state index contributed by atoms with van der Waals surface area (Å²) in [5.74, 6) is 0.258. The first-order valence-corrected chi connectivity index (χ1v) is 8.22. The number of nitrogens with zero attached hydrogens (tertiary/aromatic N) is 3. The second kappa shape index (κ2) is 8.86. The average molecular weight is 305 g/mol. The summed E-state index contributed by atoms with van der Waals surface area (Å²) in [6.07, 6.45) is 5.14. The number of ether oxygens (including phenoxy) is 1. The van der Waals surface area contributed by atoms with Gasteiger partial charge in [-0.05, 0) is 31.9 Å². The first kappa shape index (κ1) is 16.9. The lowest BCUT2D eigenvalue weighted by Gasteiger charge is -2.38. The maximum atomic E-state index is 12.1. The number of piperazine rings is 1. The van der Waals surface area contributed by atoms with E-state index >= 15 is 0 Å². The third-order valence-electron chi connectivity index (χ3n) is 4.26. The molecule has 22 heavy (non-hydrogen) atoms. The molecule has 2 heterocycles. The molecule has 0 radical (unpaired) electrons. The molecule has 1 amide bonds. The smallest absolute Gasteiger partial charge is 0.222 e. The highest BCUT2D eigenvalue weighted by Gasteiger charge is 2.24. The predicted molar refractivity (Wildman–Crippen MR) is 86.5 cm³/mol. The molecule has 0 bridgehead atoms. The lowest BCUT2D eigenvalue weighted by molar-refractivity contribution is -0.133. The third kappa shape index (κ3) is 4.78. The van der Waals surface area contributed by atoms with Crippen LogP contribution in [-0.4, -0.2) is 60.1 Å². The second-order valence-corrected chi connectivity index (χ2v) is 5.68. The van der Waals surface area contributed by atoms with Crippen LogP contribution >= 0.6 is 0 Å². The average Bonchev–Trinajstić information content (AvgIpc) is 2.59. The number of hydrogen-bond donors (Lipinski definition) is 0. The molecule has 1 fully saturated rings. The minimum absolute atomic E-state index is 0.258. The van der Waals surface area contributed by atoms with Gasteiger partial charge in [0.25, 0.3) is 0 Å². The van der Waals surface area contributed by atoms with Gasteiger partial charge in [0.15, 0.2) is 0 Å². The molecule has 0 aromatic carbocycles. The molecule has 2 rings (SSSR count). The van der Waals surface area contributed by atoms with Crippen molar-refractivity contribution in [1.29, 1.82) is 0 Å². The zero-order valence-electron chi connectivity index (χ0n) is 13.7. The molecule has 0 aliphatic carbocycles. The van der Waals surface area contributed by atoms with E-state index in [-0.39, 0.29) is 5.91 Å². The minimum atomic E-state index is 0.258. The molecule has 1 aliphatic heterocycles. The van der Waals surface area contributed by atoms with Crippen molar-refractivity contribution < 1.29 is 9.53 Å². The van der Waals surface area contributed by atoms with Crippen molar-refractivity contribution in [3.63, 3.8) is 0 Å². The Kier molecular flexibility index (Phi) is 6.80. The fourth-order valence-electron chi connectivity index (χ4n) is 2.82. The Hall–Kier alpha value is -1.46. The van der Waals surface area contributed by atoms with Crippen molar-refractivity contribution >= 4 is 5.91 Å². The molecule has 1 aromatic rings. The molecule has 1 atom stereocenters. The second-order valence-electron chi connectivity index (χ2n) is 5.68. The highest BCUT2D eigenvalue weighted by Crippen LogP contribution is 2.20. The summed E-state index contributed by atoms with van der Waals surface area (Å²) in [6, 6.07) is 4.44. The fraction of sp³-hybridized carbons (Fsp3) is 0.647. The van der Waals surface area contributed by atoms with Gasteiger partial charge in [-0.1, -0.05) is 6.07 Å². The Bertz CT molecular complexity index is 444. The van der Waals surface area contributed by atoms with E-state index in [0.29, 0.717) is 19.1 Å². The topological polar surface area (TPSA) is 45.7 Å². The quantitative estimate of drug-likeness (QED) is 0.724. The number of carbonyl (C=O) groups excluding carboxylic acids is 1. The summed E-state index contributed by atoms with van der Waals surface area (Å²) in [7, 11) is 0. The molecule has 5 heteroatoms. The van der Waals surface area contributed by atoms with Crippen LogP contribution in [0.15, 0.2) is 24.5 Å². The van der Waals surface area contributed by atoms with Crippen LogP contribution in [0.25, 0.3) is 0 Å². The van der Waals surface area contributed by atoms with Gasteiger partial charge in [0.2, 0.25) is 5.91 Å². The zero-order valence-corrected chi connectivity index (χ0v) is 13.7. The molecule has 1 aromatic heterocycles. The molecule has 0 saturated carbocycles. The van der Waals surface area contributed by atoms with Crippen LogP contribution < -0.4 is 0 Å². The normalized spacial score (nSPS) is 17.5. The van der Waals surface area contributed by atoms with Crippen molar-refractivity contribution in [2.24, 2.45) is 0 Å². The van der Waals surface area contributed by atoms with E-state index in [0.717, 1.165) is 39.2 Å². The van der Waals surface area contributed by atoms with Gasteiger partial charge in [0.05, 0.1) is 0 Å². The van der Waals surface area contributed by atoms with Crippen LogP contribution in [0.2, 0.25) is 0 Å². The maximum Gasteiger partial charge on any atom is 0.222 e. The number of carbonyl (C=O) groups is 1. The molecule has 122 valence electrons. The molecule has 5 nitrogen and oxygen atoms in total. The van der Waals surface area contributed by atoms with Crippen LogP contribution in [0.4, 0.5) is 0 Å². The van der Waals surface area contributed by atoms with Gasteiger partial charge >= 0.3 is 0 Å². The van der Waals surface area contributed by atoms with Crippen molar-refractivity contribution in [2.75, 3.05) is 39.4 Å². The Labute approximate surface area is 133 Å². The Balaban J connectivity index is 1.74. The molecular weight excluding hydrogens is 278 g/mol. The molecule has 0 spiro atoms. The summed E-state index contributed by atoms with van der Waals surface area (Å²) < 4.78 is 5.28. The van der Waals surface area contributed by atoms with E-state index in [4.69, 9.17) is 4.74 Å². The number of pyridine rings is 1. The zero-order chi connectivity index (χ0) is 15.8. The highest BCUT2D eigenvalue weighted by atomic mass is 16.5. The molecule has 0 N–H and O–H groups in total. The van der Waals surface area contributed by atoms with E-state index in [9.17, 15) is 4.79 Å². The Morgan fingerprint density at radius 3 is 2.77 bits per heavy atom. The van der Waals surface area contributed by atoms with Gasteiger partial charge < -0.3 is 9.64 Å². The van der Waals surface area contributed by atoms with Crippen LogP contribution in [-0.2, 0) is 9.53 Å². The van der Waals surface area contributed by atoms with Crippen molar-refractivity contribution in [1.82, 2.24) is 14.8 Å². The lowest BCUT2D eigenvalue weighted by Crippen LogP contribution is -2.49. The van der Waals surface area contributed by atoms with E-state index in [1.54, 1.807) is 6.20 Å². The third-order valence-corrected chi connectivity index (χ3v) is 4.26. The van der Waals surface area contributed by atoms with Gasteiger partial charge in [-0.3, -0.25) is 14.7 Å². The van der Waals surface area contributed by atoms with Gasteiger partial charge in [-0.25, -0.2) is 0 Å². The van der Waals surface area contributed by atoms with E-state index in [1.165, 1.54) is 5.56 Å². The summed E-state index contributed by atoms with van der Waals surface area (Å²) in [4.78, 5) is 20.7. The predicted octanol–water partition coefficient (Wildman–Crippen LogP) is 2.10. The largest absolute Gasteiger partial charge is 0.382 e. The van der Waals surface area contributed by atoms with Gasteiger partial charge in [0.1, 0.15) is 0 Å². The maximum absolute atomic E-state index is 12.1. The van der Waals surface area contributed by atoms with Gasteiger partial charge in [0, 0.05) is 64.2 Å². The summed E-state index contributed by atoms with van der Waals surface area (Å²) in [5.41, 5.74) is 1.24. The number of hydrogen-bond acceptors (Lipinski definition) is 4. The van der Waals surface area contributed by atoms with Crippen molar-refractivity contribution in [3.8, 4) is 0 Å². The highest BCUT2D eigenvalue weighted by molar-refractivity contribution is 5.76. The number of aromatic nitrogens is 1. The van der Waals surface area contributed by atoms with Gasteiger partial charge in [-0.15, -0.1) is 0 Å². The van der Waals surface area contributed by atoms with E-state index in [2.05, 4.69) is 22.9 Å². The van der Waals surface area contributed by atoms with Gasteiger partial charge in [-0.2, -0.15) is 0 Å².